The summed E-state index contributed by atoms with van der Waals surface area (Å²) in [7, 11) is 0. The lowest BCUT2D eigenvalue weighted by Crippen LogP contribution is -2.41. The number of aromatic nitrogens is 1. The van der Waals surface area contributed by atoms with E-state index in [4.69, 9.17) is 4.74 Å². The average molecular weight is 494 g/mol. The molecule has 0 saturated carbocycles. The van der Waals surface area contributed by atoms with Crippen molar-refractivity contribution >= 4 is 50.6 Å². The summed E-state index contributed by atoms with van der Waals surface area (Å²) in [6.07, 6.45) is 0.971. The number of nitrogens with zero attached hydrogens (tertiary/aromatic N) is 2. The van der Waals surface area contributed by atoms with E-state index in [0.29, 0.717) is 30.6 Å². The molecule has 4 rings (SSSR count). The van der Waals surface area contributed by atoms with Gasteiger partial charge >= 0.3 is 6.09 Å². The molecule has 0 radical (unpaired) electrons. The van der Waals surface area contributed by atoms with Crippen molar-refractivity contribution in [2.75, 3.05) is 18.4 Å². The number of hydrogen-bond acceptors (Lipinski definition) is 6. The average Bonchev–Trinajstić information content (AvgIpc) is 3.29. The van der Waals surface area contributed by atoms with Crippen LogP contribution in [0.4, 0.5) is 19.3 Å². The van der Waals surface area contributed by atoms with Crippen molar-refractivity contribution in [1.82, 2.24) is 9.88 Å². The van der Waals surface area contributed by atoms with Crippen LogP contribution in [0.2, 0.25) is 0 Å². The molecule has 10 heteroatoms. The zero-order chi connectivity index (χ0) is 23.9. The Hall–Kier alpha value is -2.59. The van der Waals surface area contributed by atoms with E-state index in [-0.39, 0.29) is 28.1 Å². The van der Waals surface area contributed by atoms with Gasteiger partial charge in [-0.2, -0.15) is 0 Å². The van der Waals surface area contributed by atoms with E-state index in [1.165, 1.54) is 23.5 Å². The minimum Gasteiger partial charge on any atom is -0.444 e. The number of benzene rings is 1. The fraction of sp³-hybridized carbons (Fsp3) is 0.435. The Morgan fingerprint density at radius 3 is 2.48 bits per heavy atom. The Balaban J connectivity index is 1.42. The predicted octanol–water partition coefficient (Wildman–Crippen LogP) is 6.31. The van der Waals surface area contributed by atoms with Crippen LogP contribution in [-0.4, -0.2) is 40.6 Å². The van der Waals surface area contributed by atoms with E-state index >= 15 is 0 Å². The van der Waals surface area contributed by atoms with E-state index < -0.39 is 23.1 Å². The van der Waals surface area contributed by atoms with Gasteiger partial charge in [0.2, 0.25) is 0 Å². The number of rotatable bonds is 3. The predicted molar refractivity (Wildman–Crippen MR) is 126 cm³/mol. The molecule has 0 bridgehead atoms. The Kier molecular flexibility index (Phi) is 6.41. The number of anilines is 1. The first-order chi connectivity index (χ1) is 15.5. The first-order valence-electron chi connectivity index (χ1n) is 10.7. The number of carbonyl (C=O) groups is 2. The SMILES string of the molecule is Cc1nc2c(F)cc(NC(=O)c3sc(C4CCN(C(=O)OC(C)(C)C)CC4)cc3F)cc2s1. The lowest BCUT2D eigenvalue weighted by atomic mass is 9.95. The van der Waals surface area contributed by atoms with Gasteiger partial charge in [0.15, 0.2) is 5.82 Å². The summed E-state index contributed by atoms with van der Waals surface area (Å²) in [6, 6.07) is 4.22. The van der Waals surface area contributed by atoms with Gasteiger partial charge in [0.05, 0.1) is 9.71 Å². The molecule has 0 aliphatic carbocycles. The number of amides is 2. The smallest absolute Gasteiger partial charge is 0.410 e. The van der Waals surface area contributed by atoms with Crippen LogP contribution in [0.3, 0.4) is 0 Å². The minimum atomic E-state index is -0.616. The minimum absolute atomic E-state index is 0.0411. The summed E-state index contributed by atoms with van der Waals surface area (Å²) in [5, 5.41) is 3.32. The topological polar surface area (TPSA) is 71.5 Å². The van der Waals surface area contributed by atoms with E-state index in [0.717, 1.165) is 21.2 Å². The number of halogens is 2. The highest BCUT2D eigenvalue weighted by Gasteiger charge is 2.29. The highest BCUT2D eigenvalue weighted by molar-refractivity contribution is 7.18. The van der Waals surface area contributed by atoms with Crippen LogP contribution in [0.5, 0.6) is 0 Å². The zero-order valence-electron chi connectivity index (χ0n) is 18.8. The maximum Gasteiger partial charge on any atom is 0.410 e. The van der Waals surface area contributed by atoms with Crippen LogP contribution in [0.1, 0.15) is 59.1 Å². The number of carbonyl (C=O) groups excluding carboxylic acids is 2. The molecule has 0 spiro atoms. The first kappa shape index (κ1) is 23.6. The molecule has 1 aliphatic heterocycles. The van der Waals surface area contributed by atoms with Crippen LogP contribution in [0.25, 0.3) is 10.2 Å². The number of thiazole rings is 1. The quantitative estimate of drug-likeness (QED) is 0.464. The van der Waals surface area contributed by atoms with Gasteiger partial charge in [0.25, 0.3) is 5.91 Å². The van der Waals surface area contributed by atoms with Crippen LogP contribution < -0.4 is 5.32 Å². The Bertz CT molecular complexity index is 1210. The molecule has 1 aromatic carbocycles. The maximum atomic E-state index is 14.6. The third kappa shape index (κ3) is 5.33. The molecule has 1 aliphatic rings. The molecule has 176 valence electrons. The van der Waals surface area contributed by atoms with Crippen molar-refractivity contribution in [3.8, 4) is 0 Å². The van der Waals surface area contributed by atoms with Gasteiger partial charge in [-0.3, -0.25) is 4.79 Å². The molecule has 3 heterocycles. The number of ether oxygens (including phenoxy) is 1. The third-order valence-corrected chi connectivity index (χ3v) is 7.46. The number of fused-ring (bicyclic) bond motifs is 1. The van der Waals surface area contributed by atoms with Crippen molar-refractivity contribution in [2.24, 2.45) is 0 Å². The van der Waals surface area contributed by atoms with Gasteiger partial charge in [-0.15, -0.1) is 22.7 Å². The Labute approximate surface area is 198 Å². The molecule has 0 unspecified atom stereocenters. The van der Waals surface area contributed by atoms with E-state index in [1.807, 2.05) is 20.8 Å². The van der Waals surface area contributed by atoms with Gasteiger partial charge in [0, 0.05) is 23.7 Å². The number of thiophene rings is 1. The van der Waals surface area contributed by atoms with Crippen molar-refractivity contribution in [2.45, 2.75) is 52.1 Å². The van der Waals surface area contributed by atoms with Crippen LogP contribution in [0.15, 0.2) is 18.2 Å². The van der Waals surface area contributed by atoms with Gasteiger partial charge in [-0.05, 0) is 64.7 Å². The third-order valence-electron chi connectivity index (χ3n) is 5.27. The van der Waals surface area contributed by atoms with Crippen LogP contribution in [0, 0.1) is 18.6 Å². The second-order valence-corrected chi connectivity index (χ2v) is 11.4. The second-order valence-electron chi connectivity index (χ2n) is 9.06. The number of piperidine rings is 1. The first-order valence-corrected chi connectivity index (χ1v) is 12.3. The molecule has 33 heavy (non-hydrogen) atoms. The summed E-state index contributed by atoms with van der Waals surface area (Å²) >= 11 is 2.42. The molecular formula is C23H25F2N3O3S2. The number of nitrogens with one attached hydrogen (secondary N) is 1. The lowest BCUT2D eigenvalue weighted by Gasteiger charge is -2.33. The van der Waals surface area contributed by atoms with E-state index in [1.54, 1.807) is 17.9 Å². The molecule has 2 amide bonds. The maximum absolute atomic E-state index is 14.6. The normalized spacial score (nSPS) is 15.2. The van der Waals surface area contributed by atoms with Crippen LogP contribution >= 0.6 is 22.7 Å². The van der Waals surface area contributed by atoms with Crippen LogP contribution in [-0.2, 0) is 4.74 Å². The largest absolute Gasteiger partial charge is 0.444 e. The molecule has 1 fully saturated rings. The zero-order valence-corrected chi connectivity index (χ0v) is 20.5. The second kappa shape index (κ2) is 8.98. The van der Waals surface area contributed by atoms with Gasteiger partial charge < -0.3 is 15.0 Å². The fourth-order valence-corrected chi connectivity index (χ4v) is 5.76. The van der Waals surface area contributed by atoms with Crippen molar-refractivity contribution in [3.05, 3.63) is 44.6 Å². The fourth-order valence-electron chi connectivity index (χ4n) is 3.78. The molecule has 1 N–H and O–H groups in total. The summed E-state index contributed by atoms with van der Waals surface area (Å²) in [5.74, 6) is -1.69. The standard InChI is InChI=1S/C23H25F2N3O3S2/c1-12-26-19-15(24)9-14(10-18(19)32-12)27-21(29)20-16(25)11-17(33-20)13-5-7-28(8-6-13)22(30)31-23(2,3)4/h9-11,13H,5-8H2,1-4H3,(H,27,29). The molecule has 2 aromatic heterocycles. The molecule has 6 nitrogen and oxygen atoms in total. The molecule has 0 atom stereocenters. The number of aryl methyl sites for hydroxylation is 1. The summed E-state index contributed by atoms with van der Waals surface area (Å²) in [6.45, 7) is 8.27. The summed E-state index contributed by atoms with van der Waals surface area (Å²) in [4.78, 5) is 31.5. The summed E-state index contributed by atoms with van der Waals surface area (Å²) in [5.41, 5.74) is -0.0363. The molecule has 1 saturated heterocycles. The van der Waals surface area contributed by atoms with Crippen molar-refractivity contribution in [1.29, 1.82) is 0 Å². The van der Waals surface area contributed by atoms with Crippen molar-refractivity contribution in [3.63, 3.8) is 0 Å². The van der Waals surface area contributed by atoms with E-state index in [2.05, 4.69) is 10.3 Å². The molecular weight excluding hydrogens is 468 g/mol. The van der Waals surface area contributed by atoms with E-state index in [9.17, 15) is 18.4 Å². The summed E-state index contributed by atoms with van der Waals surface area (Å²) < 4.78 is 35.0. The van der Waals surface area contributed by atoms with Crippen molar-refractivity contribution < 1.29 is 23.1 Å². The van der Waals surface area contributed by atoms with Gasteiger partial charge in [-0.25, -0.2) is 18.6 Å². The lowest BCUT2D eigenvalue weighted by molar-refractivity contribution is 0.0205. The Morgan fingerprint density at radius 1 is 1.12 bits per heavy atom. The van der Waals surface area contributed by atoms with Gasteiger partial charge in [-0.1, -0.05) is 0 Å². The number of likely N-dealkylation sites (tertiary alicyclic amines) is 1. The highest BCUT2D eigenvalue weighted by Crippen LogP contribution is 2.35. The number of hydrogen-bond donors (Lipinski definition) is 1. The highest BCUT2D eigenvalue weighted by atomic mass is 32.1. The van der Waals surface area contributed by atoms with Gasteiger partial charge in [0.1, 0.15) is 21.8 Å². The Morgan fingerprint density at radius 2 is 1.82 bits per heavy atom. The molecule has 3 aromatic rings. The monoisotopic (exact) mass is 493 g/mol.